The predicted octanol–water partition coefficient (Wildman–Crippen LogP) is 2.00. The van der Waals surface area contributed by atoms with Gasteiger partial charge in [-0.15, -0.1) is 0 Å². The number of nitrogens with two attached hydrogens (primary N) is 1. The molecule has 4 nitrogen and oxygen atoms in total. The van der Waals surface area contributed by atoms with E-state index in [1.165, 1.54) is 4.68 Å². The fraction of sp³-hybridized carbons (Fsp3) is 0.600. The smallest absolute Gasteiger partial charge is 0.128 e. The van der Waals surface area contributed by atoms with Crippen molar-refractivity contribution in [3.8, 4) is 0 Å². The normalized spacial score (nSPS) is 11.7. The van der Waals surface area contributed by atoms with Crippen LogP contribution in [0.15, 0.2) is 6.07 Å². The molecule has 14 heavy (non-hydrogen) atoms. The summed E-state index contributed by atoms with van der Waals surface area (Å²) < 4.78 is 1.50. The molecule has 1 rings (SSSR count). The summed E-state index contributed by atoms with van der Waals surface area (Å²) in [6, 6.07) is 1.84. The molecule has 0 spiro atoms. The van der Waals surface area contributed by atoms with E-state index in [9.17, 15) is 0 Å². The number of nitrogens with zero attached hydrogens (tertiary/aromatic N) is 2. The van der Waals surface area contributed by atoms with E-state index in [1.807, 2.05) is 13.0 Å². The molecule has 0 bridgehead atoms. The fourth-order valence-corrected chi connectivity index (χ4v) is 1.13. The van der Waals surface area contributed by atoms with Crippen molar-refractivity contribution in [1.29, 1.82) is 5.41 Å². The standard InChI is InChI=1S/C10H18N4/c1-5-8(11)14-9(12)6-7(13-14)10(2,3)4/h6,11H,5,12H2,1-4H3. The molecule has 4 heteroatoms. The summed E-state index contributed by atoms with van der Waals surface area (Å²) in [7, 11) is 0. The molecule has 0 unspecified atom stereocenters. The molecule has 0 aliphatic heterocycles. The van der Waals surface area contributed by atoms with Crippen LogP contribution in [-0.4, -0.2) is 15.6 Å². The van der Waals surface area contributed by atoms with Crippen LogP contribution in [0, 0.1) is 5.41 Å². The summed E-state index contributed by atoms with van der Waals surface area (Å²) in [5, 5.41) is 12.0. The molecule has 0 fully saturated rings. The predicted molar refractivity (Wildman–Crippen MR) is 58.8 cm³/mol. The van der Waals surface area contributed by atoms with Gasteiger partial charge in [0, 0.05) is 17.9 Å². The van der Waals surface area contributed by atoms with E-state index in [4.69, 9.17) is 11.1 Å². The Morgan fingerprint density at radius 3 is 2.50 bits per heavy atom. The van der Waals surface area contributed by atoms with Gasteiger partial charge in [0.1, 0.15) is 11.7 Å². The maximum atomic E-state index is 7.66. The molecule has 1 aromatic heterocycles. The number of nitrogens with one attached hydrogen (secondary N) is 1. The van der Waals surface area contributed by atoms with Crippen LogP contribution in [0.25, 0.3) is 0 Å². The van der Waals surface area contributed by atoms with Gasteiger partial charge in [0.15, 0.2) is 0 Å². The molecule has 78 valence electrons. The molecule has 0 aliphatic rings. The van der Waals surface area contributed by atoms with Gasteiger partial charge in [-0.1, -0.05) is 27.7 Å². The quantitative estimate of drug-likeness (QED) is 0.530. The average Bonchev–Trinajstić information content (AvgIpc) is 2.45. The van der Waals surface area contributed by atoms with Gasteiger partial charge >= 0.3 is 0 Å². The van der Waals surface area contributed by atoms with Crippen molar-refractivity contribution < 1.29 is 0 Å². The van der Waals surface area contributed by atoms with Gasteiger partial charge in [0.05, 0.1) is 5.69 Å². The van der Waals surface area contributed by atoms with Gasteiger partial charge < -0.3 is 5.73 Å². The Kier molecular flexibility index (Phi) is 2.64. The Morgan fingerprint density at radius 2 is 2.14 bits per heavy atom. The minimum atomic E-state index is -0.0204. The van der Waals surface area contributed by atoms with E-state index in [2.05, 4.69) is 25.9 Å². The van der Waals surface area contributed by atoms with Gasteiger partial charge in [-0.3, -0.25) is 5.41 Å². The number of hydrogen-bond acceptors (Lipinski definition) is 3. The van der Waals surface area contributed by atoms with E-state index in [-0.39, 0.29) is 5.41 Å². The minimum absolute atomic E-state index is 0.0204. The van der Waals surface area contributed by atoms with Crippen molar-refractivity contribution in [1.82, 2.24) is 9.78 Å². The Labute approximate surface area is 84.6 Å². The highest BCUT2D eigenvalue weighted by molar-refractivity contribution is 5.83. The second-order valence-corrected chi connectivity index (χ2v) is 4.42. The molecule has 0 amide bonds. The van der Waals surface area contributed by atoms with E-state index in [0.29, 0.717) is 18.1 Å². The second-order valence-electron chi connectivity index (χ2n) is 4.42. The van der Waals surface area contributed by atoms with Crippen LogP contribution in [0.4, 0.5) is 5.82 Å². The Morgan fingerprint density at radius 1 is 1.57 bits per heavy atom. The second kappa shape index (κ2) is 3.44. The third-order valence-electron chi connectivity index (χ3n) is 2.10. The highest BCUT2D eigenvalue weighted by atomic mass is 15.3. The maximum absolute atomic E-state index is 7.66. The number of hydrogen-bond donors (Lipinski definition) is 2. The summed E-state index contributed by atoms with van der Waals surface area (Å²) in [5.41, 5.74) is 6.68. The topological polar surface area (TPSA) is 67.7 Å². The van der Waals surface area contributed by atoms with Crippen molar-refractivity contribution in [3.63, 3.8) is 0 Å². The largest absolute Gasteiger partial charge is 0.384 e. The lowest BCUT2D eigenvalue weighted by molar-refractivity contribution is 0.562. The van der Waals surface area contributed by atoms with Gasteiger partial charge in [-0.05, 0) is 0 Å². The maximum Gasteiger partial charge on any atom is 0.128 e. The molecule has 0 atom stereocenters. The number of anilines is 1. The molecule has 0 aliphatic carbocycles. The van der Waals surface area contributed by atoms with Crippen LogP contribution in [0.3, 0.4) is 0 Å². The average molecular weight is 194 g/mol. The van der Waals surface area contributed by atoms with Crippen LogP contribution in [-0.2, 0) is 5.41 Å². The highest BCUT2D eigenvalue weighted by Crippen LogP contribution is 2.22. The molecule has 1 heterocycles. The number of rotatable bonds is 1. The van der Waals surface area contributed by atoms with Crippen LogP contribution < -0.4 is 5.73 Å². The van der Waals surface area contributed by atoms with Crippen LogP contribution in [0.1, 0.15) is 39.8 Å². The zero-order chi connectivity index (χ0) is 10.9. The third kappa shape index (κ3) is 1.95. The lowest BCUT2D eigenvalue weighted by atomic mass is 9.92. The molecule has 3 N–H and O–H groups in total. The summed E-state index contributed by atoms with van der Waals surface area (Å²) >= 11 is 0. The summed E-state index contributed by atoms with van der Waals surface area (Å²) in [4.78, 5) is 0. The molecule has 0 saturated heterocycles. The van der Waals surface area contributed by atoms with Crippen molar-refractivity contribution >= 4 is 11.7 Å². The Bertz CT molecular complexity index is 343. The molecular weight excluding hydrogens is 176 g/mol. The van der Waals surface area contributed by atoms with E-state index < -0.39 is 0 Å². The van der Waals surface area contributed by atoms with Gasteiger partial charge in [-0.2, -0.15) is 5.10 Å². The third-order valence-corrected chi connectivity index (χ3v) is 2.10. The van der Waals surface area contributed by atoms with Crippen molar-refractivity contribution in [2.75, 3.05) is 5.73 Å². The fourth-order valence-electron chi connectivity index (χ4n) is 1.13. The zero-order valence-corrected chi connectivity index (χ0v) is 9.26. The molecule has 0 aromatic carbocycles. The first-order valence-electron chi connectivity index (χ1n) is 4.80. The Balaban J connectivity index is 3.12. The molecule has 1 aromatic rings. The summed E-state index contributed by atoms with van der Waals surface area (Å²) in [6.45, 7) is 8.15. The first kappa shape index (κ1) is 10.8. The van der Waals surface area contributed by atoms with Gasteiger partial charge in [0.25, 0.3) is 0 Å². The van der Waals surface area contributed by atoms with E-state index in [0.717, 1.165) is 5.69 Å². The van der Waals surface area contributed by atoms with Crippen LogP contribution >= 0.6 is 0 Å². The van der Waals surface area contributed by atoms with Crippen molar-refractivity contribution in [3.05, 3.63) is 11.8 Å². The van der Waals surface area contributed by atoms with Crippen LogP contribution in [0.2, 0.25) is 0 Å². The lowest BCUT2D eigenvalue weighted by Crippen LogP contribution is -2.16. The first-order chi connectivity index (χ1) is 6.36. The lowest BCUT2D eigenvalue weighted by Gasteiger charge is -2.14. The highest BCUT2D eigenvalue weighted by Gasteiger charge is 2.19. The monoisotopic (exact) mass is 194 g/mol. The molecule has 0 saturated carbocycles. The molecule has 0 radical (unpaired) electrons. The number of aromatic nitrogens is 2. The number of nitrogen functional groups attached to an aromatic ring is 1. The van der Waals surface area contributed by atoms with Gasteiger partial charge in [0.2, 0.25) is 0 Å². The molecular formula is C10H18N4. The van der Waals surface area contributed by atoms with Crippen LogP contribution in [0.5, 0.6) is 0 Å². The van der Waals surface area contributed by atoms with E-state index in [1.54, 1.807) is 0 Å². The first-order valence-corrected chi connectivity index (χ1v) is 4.80. The minimum Gasteiger partial charge on any atom is -0.384 e. The van der Waals surface area contributed by atoms with E-state index >= 15 is 0 Å². The van der Waals surface area contributed by atoms with Crippen molar-refractivity contribution in [2.24, 2.45) is 0 Å². The van der Waals surface area contributed by atoms with Gasteiger partial charge in [-0.25, -0.2) is 4.68 Å². The summed E-state index contributed by atoms with van der Waals surface area (Å²) in [5.74, 6) is 0.972. The van der Waals surface area contributed by atoms with Crippen molar-refractivity contribution in [2.45, 2.75) is 39.5 Å². The SMILES string of the molecule is CCC(=N)n1nc(C(C)(C)C)cc1N. The summed E-state index contributed by atoms with van der Waals surface area (Å²) in [6.07, 6.45) is 0.634. The Hall–Kier alpha value is -1.32. The zero-order valence-electron chi connectivity index (χ0n) is 9.26.